The zero-order chi connectivity index (χ0) is 20.4. The molecule has 2 aliphatic carbocycles. The van der Waals surface area contributed by atoms with E-state index >= 15 is 0 Å². The van der Waals surface area contributed by atoms with Gasteiger partial charge in [-0.2, -0.15) is 0 Å². The standard InChI is InChI=1S/C23H30N2O4/c1-3-13-29-22-18-15-24(14-16-7-8-16)21(26)11-12-25(23(27)17-5-4-6-17)19(18)9-10-20(22)28-2/h3,9-10,16-17H,1,4-8,11-15H2,2H3. The normalized spacial score (nSPS) is 19.7. The molecular formula is C23H30N2O4. The lowest BCUT2D eigenvalue weighted by Gasteiger charge is -2.36. The van der Waals surface area contributed by atoms with E-state index in [0.717, 1.165) is 37.1 Å². The first-order valence-electron chi connectivity index (χ1n) is 10.6. The number of anilines is 1. The van der Waals surface area contributed by atoms with Crippen LogP contribution in [0.2, 0.25) is 0 Å². The number of methoxy groups -OCH3 is 1. The SMILES string of the molecule is C=CCOc1c(OC)ccc2c1CN(CC1CC1)C(=O)CCN2C(=O)C1CCC1. The maximum absolute atomic E-state index is 13.2. The third-order valence-corrected chi connectivity index (χ3v) is 6.20. The van der Waals surface area contributed by atoms with Gasteiger partial charge < -0.3 is 19.3 Å². The number of hydrogen-bond acceptors (Lipinski definition) is 4. The van der Waals surface area contributed by atoms with Crippen molar-refractivity contribution in [3.8, 4) is 11.5 Å². The number of amides is 2. The number of rotatable bonds is 7. The Bertz CT molecular complexity index is 798. The Morgan fingerprint density at radius 1 is 1.28 bits per heavy atom. The van der Waals surface area contributed by atoms with Crippen LogP contribution in [0.3, 0.4) is 0 Å². The van der Waals surface area contributed by atoms with Crippen molar-refractivity contribution < 1.29 is 19.1 Å². The molecule has 0 radical (unpaired) electrons. The summed E-state index contributed by atoms with van der Waals surface area (Å²) in [5.74, 6) is 2.11. The Kier molecular flexibility index (Phi) is 5.79. The molecule has 1 aromatic rings. The second-order valence-electron chi connectivity index (χ2n) is 8.28. The highest BCUT2D eigenvalue weighted by Crippen LogP contribution is 2.42. The number of carbonyl (C=O) groups is 2. The molecule has 1 aromatic carbocycles. The summed E-state index contributed by atoms with van der Waals surface area (Å²) in [5.41, 5.74) is 1.70. The van der Waals surface area contributed by atoms with E-state index in [4.69, 9.17) is 9.47 Å². The maximum Gasteiger partial charge on any atom is 0.230 e. The van der Waals surface area contributed by atoms with E-state index in [1.54, 1.807) is 13.2 Å². The lowest BCUT2D eigenvalue weighted by molar-refractivity contribution is -0.132. The molecule has 0 spiro atoms. The number of hydrogen-bond donors (Lipinski definition) is 0. The molecule has 0 atom stereocenters. The van der Waals surface area contributed by atoms with Gasteiger partial charge >= 0.3 is 0 Å². The number of ether oxygens (including phenoxy) is 2. The first-order valence-corrected chi connectivity index (χ1v) is 10.6. The van der Waals surface area contributed by atoms with Crippen molar-refractivity contribution in [1.82, 2.24) is 4.90 Å². The monoisotopic (exact) mass is 398 g/mol. The fourth-order valence-electron chi connectivity index (χ4n) is 4.11. The van der Waals surface area contributed by atoms with E-state index in [1.165, 1.54) is 12.8 Å². The molecule has 6 heteroatoms. The molecule has 1 aliphatic heterocycles. The van der Waals surface area contributed by atoms with Crippen LogP contribution in [-0.2, 0) is 16.1 Å². The quantitative estimate of drug-likeness (QED) is 0.659. The van der Waals surface area contributed by atoms with Crippen LogP contribution in [0.5, 0.6) is 11.5 Å². The van der Waals surface area contributed by atoms with Crippen LogP contribution in [-0.4, -0.2) is 43.5 Å². The fourth-order valence-corrected chi connectivity index (χ4v) is 4.11. The lowest BCUT2D eigenvalue weighted by Crippen LogP contribution is -2.44. The first-order chi connectivity index (χ1) is 14.1. The van der Waals surface area contributed by atoms with Crippen molar-refractivity contribution in [2.75, 3.05) is 31.7 Å². The van der Waals surface area contributed by atoms with Crippen molar-refractivity contribution in [3.63, 3.8) is 0 Å². The minimum absolute atomic E-state index is 0.0691. The molecule has 0 bridgehead atoms. The second kappa shape index (κ2) is 8.47. The summed E-state index contributed by atoms with van der Waals surface area (Å²) in [6, 6.07) is 3.80. The minimum Gasteiger partial charge on any atom is -0.493 e. The van der Waals surface area contributed by atoms with Gasteiger partial charge in [0.25, 0.3) is 0 Å². The van der Waals surface area contributed by atoms with Gasteiger partial charge in [-0.1, -0.05) is 19.1 Å². The van der Waals surface area contributed by atoms with E-state index in [9.17, 15) is 9.59 Å². The highest BCUT2D eigenvalue weighted by atomic mass is 16.5. The van der Waals surface area contributed by atoms with E-state index in [1.807, 2.05) is 21.9 Å². The molecule has 2 amide bonds. The third kappa shape index (κ3) is 4.11. The summed E-state index contributed by atoms with van der Waals surface area (Å²) in [5, 5.41) is 0. The van der Waals surface area contributed by atoms with Gasteiger partial charge in [-0.15, -0.1) is 0 Å². The molecule has 6 nitrogen and oxygen atoms in total. The summed E-state index contributed by atoms with van der Waals surface area (Å²) in [6.45, 7) is 5.69. The van der Waals surface area contributed by atoms with Gasteiger partial charge in [-0.3, -0.25) is 9.59 Å². The van der Waals surface area contributed by atoms with Crippen molar-refractivity contribution in [1.29, 1.82) is 0 Å². The molecule has 29 heavy (non-hydrogen) atoms. The Hall–Kier alpha value is -2.50. The molecule has 2 fully saturated rings. The smallest absolute Gasteiger partial charge is 0.230 e. The molecule has 156 valence electrons. The van der Waals surface area contributed by atoms with Gasteiger partial charge in [0.1, 0.15) is 6.61 Å². The summed E-state index contributed by atoms with van der Waals surface area (Å²) in [6.07, 6.45) is 7.37. The van der Waals surface area contributed by atoms with E-state index in [0.29, 0.717) is 43.5 Å². The van der Waals surface area contributed by atoms with Crippen LogP contribution in [0.1, 0.15) is 44.1 Å². The van der Waals surface area contributed by atoms with Crippen LogP contribution in [0.15, 0.2) is 24.8 Å². The zero-order valence-electron chi connectivity index (χ0n) is 17.2. The Labute approximate surface area is 172 Å². The molecule has 2 saturated carbocycles. The van der Waals surface area contributed by atoms with Gasteiger partial charge in [0.2, 0.25) is 11.8 Å². The Balaban J connectivity index is 1.76. The molecule has 4 rings (SSSR count). The average Bonchev–Trinajstić information content (AvgIpc) is 3.48. The molecule has 0 N–H and O–H groups in total. The fraction of sp³-hybridized carbons (Fsp3) is 0.565. The summed E-state index contributed by atoms with van der Waals surface area (Å²) >= 11 is 0. The Morgan fingerprint density at radius 3 is 2.69 bits per heavy atom. The van der Waals surface area contributed by atoms with E-state index < -0.39 is 0 Å². The van der Waals surface area contributed by atoms with Crippen LogP contribution < -0.4 is 14.4 Å². The van der Waals surface area contributed by atoms with Gasteiger partial charge in [0, 0.05) is 31.0 Å². The second-order valence-corrected chi connectivity index (χ2v) is 8.28. The molecule has 1 heterocycles. The predicted molar refractivity (Wildman–Crippen MR) is 111 cm³/mol. The van der Waals surface area contributed by atoms with Crippen molar-refractivity contribution in [2.45, 2.75) is 45.1 Å². The molecule has 0 unspecified atom stereocenters. The predicted octanol–water partition coefficient (Wildman–Crippen LogP) is 3.54. The van der Waals surface area contributed by atoms with Crippen LogP contribution in [0.25, 0.3) is 0 Å². The van der Waals surface area contributed by atoms with Gasteiger partial charge in [0.15, 0.2) is 11.5 Å². The van der Waals surface area contributed by atoms with Crippen molar-refractivity contribution in [3.05, 3.63) is 30.4 Å². The number of carbonyl (C=O) groups excluding carboxylic acids is 2. The number of fused-ring (bicyclic) bond motifs is 1. The number of nitrogens with zero attached hydrogens (tertiary/aromatic N) is 2. The summed E-state index contributed by atoms with van der Waals surface area (Å²) in [7, 11) is 1.61. The van der Waals surface area contributed by atoms with Gasteiger partial charge in [0.05, 0.1) is 19.3 Å². The molecule has 3 aliphatic rings. The summed E-state index contributed by atoms with van der Waals surface area (Å²) in [4.78, 5) is 29.9. The summed E-state index contributed by atoms with van der Waals surface area (Å²) < 4.78 is 11.5. The van der Waals surface area contributed by atoms with E-state index in [2.05, 4.69) is 6.58 Å². The van der Waals surface area contributed by atoms with Crippen molar-refractivity contribution >= 4 is 17.5 Å². The number of benzene rings is 1. The highest BCUT2D eigenvalue weighted by Gasteiger charge is 2.36. The van der Waals surface area contributed by atoms with Crippen LogP contribution in [0.4, 0.5) is 5.69 Å². The van der Waals surface area contributed by atoms with Gasteiger partial charge in [-0.25, -0.2) is 0 Å². The van der Waals surface area contributed by atoms with Crippen LogP contribution >= 0.6 is 0 Å². The average molecular weight is 399 g/mol. The minimum atomic E-state index is 0.0691. The molecular weight excluding hydrogens is 368 g/mol. The molecule has 0 saturated heterocycles. The van der Waals surface area contributed by atoms with Crippen LogP contribution in [0, 0.1) is 11.8 Å². The maximum atomic E-state index is 13.2. The molecule has 0 aromatic heterocycles. The van der Waals surface area contributed by atoms with Gasteiger partial charge in [-0.05, 0) is 43.7 Å². The first kappa shape index (κ1) is 19.8. The topological polar surface area (TPSA) is 59.1 Å². The highest BCUT2D eigenvalue weighted by molar-refractivity contribution is 5.98. The zero-order valence-corrected chi connectivity index (χ0v) is 17.2. The van der Waals surface area contributed by atoms with E-state index in [-0.39, 0.29) is 17.7 Å². The van der Waals surface area contributed by atoms with Crippen molar-refractivity contribution in [2.24, 2.45) is 11.8 Å². The lowest BCUT2D eigenvalue weighted by atomic mass is 9.84. The largest absolute Gasteiger partial charge is 0.493 e. The third-order valence-electron chi connectivity index (χ3n) is 6.20. The Morgan fingerprint density at radius 2 is 2.07 bits per heavy atom.